The van der Waals surface area contributed by atoms with E-state index in [0.29, 0.717) is 12.8 Å². The minimum Gasteiger partial charge on any atom is -0.548 e. The smallest absolute Gasteiger partial charge is 0.548 e. The molecule has 62 heavy (non-hydrogen) atoms. The predicted molar refractivity (Wildman–Crippen MR) is 230 cm³/mol. The Bertz CT molecular complexity index is 1480. The van der Waals surface area contributed by atoms with Crippen LogP contribution >= 0.6 is 0 Å². The third-order valence-electron chi connectivity index (χ3n) is 11.1. The molecule has 4 N–H and O–H groups in total. The first-order valence-electron chi connectivity index (χ1n) is 22.2. The van der Waals surface area contributed by atoms with Crippen LogP contribution in [0.5, 0.6) is 0 Å². The molecule has 0 fully saturated rings. The molecule has 0 aromatic rings. The Morgan fingerprint density at radius 2 is 0.532 bits per heavy atom. The average Bonchev–Trinajstić information content (AvgIpc) is 3.12. The second-order valence-electron chi connectivity index (χ2n) is 16.3. The Balaban J connectivity index is -0.000000526. The maximum absolute atomic E-state index is 11.6. The summed E-state index contributed by atoms with van der Waals surface area (Å²) in [5.74, 6) is -6.27. The Kier molecular flexibility index (Phi) is 43.0. The Morgan fingerprint density at radius 1 is 0.355 bits per heavy atom. The first kappa shape index (κ1) is 69.2. The van der Waals surface area contributed by atoms with Gasteiger partial charge in [-0.1, -0.05) is 194 Å². The van der Waals surface area contributed by atoms with Gasteiger partial charge in [-0.15, -0.1) is 0 Å². The van der Waals surface area contributed by atoms with Gasteiger partial charge in [0.2, 0.25) is 0 Å². The van der Waals surface area contributed by atoms with Gasteiger partial charge >= 0.3 is 59.1 Å². The van der Waals surface area contributed by atoms with Gasteiger partial charge in [-0.2, -0.15) is 33.7 Å². The van der Waals surface area contributed by atoms with E-state index < -0.39 is 99.1 Å². The normalized spacial score (nSPS) is 14.0. The van der Waals surface area contributed by atoms with Crippen molar-refractivity contribution in [2.75, 3.05) is 11.5 Å². The molecule has 0 saturated heterocycles. The summed E-state index contributed by atoms with van der Waals surface area (Å²) in [6, 6.07) is 0. The topological polar surface area (TPSA) is 298 Å². The molecule has 0 radical (unpaired) electrons. The van der Waals surface area contributed by atoms with Crippen LogP contribution in [0.15, 0.2) is 0 Å². The zero-order chi connectivity index (χ0) is 46.2. The molecular weight excluding hydrogens is 911 g/mol. The predicted octanol–water partition coefficient (Wildman–Crippen LogP) is 1.03. The van der Waals surface area contributed by atoms with Crippen molar-refractivity contribution in [3.8, 4) is 0 Å². The molecule has 2 atom stereocenters. The van der Waals surface area contributed by atoms with Gasteiger partial charge in [0.1, 0.15) is 9.49 Å². The second-order valence-corrected chi connectivity index (χ2v) is 22.9. The van der Waals surface area contributed by atoms with Crippen molar-refractivity contribution in [1.82, 2.24) is 0 Å². The summed E-state index contributed by atoms with van der Waals surface area (Å²) < 4.78 is 121. The summed E-state index contributed by atoms with van der Waals surface area (Å²) in [6.45, 7) is 4.41. The third kappa shape index (κ3) is 34.8. The van der Waals surface area contributed by atoms with Gasteiger partial charge in [-0.25, -0.2) is 0 Å². The van der Waals surface area contributed by atoms with Crippen molar-refractivity contribution in [1.29, 1.82) is 0 Å². The van der Waals surface area contributed by atoms with Crippen molar-refractivity contribution in [3.63, 3.8) is 0 Å². The van der Waals surface area contributed by atoms with Gasteiger partial charge in [0.05, 0.1) is 23.4 Å². The van der Waals surface area contributed by atoms with Crippen LogP contribution in [0.25, 0.3) is 0 Å². The number of hydrogen-bond acceptors (Lipinski definition) is 12. The zero-order valence-electron chi connectivity index (χ0n) is 38.4. The average molecular weight is 989 g/mol. The number of unbranched alkanes of at least 4 members (excludes halogenated alkanes) is 26. The summed E-state index contributed by atoms with van der Waals surface area (Å²) >= 11 is 0. The van der Waals surface area contributed by atoms with Crippen LogP contribution in [0.4, 0.5) is 0 Å². The molecule has 0 rings (SSSR count). The van der Waals surface area contributed by atoms with Gasteiger partial charge in [-0.05, 0) is 25.7 Å². The minimum absolute atomic E-state index is 0. The van der Waals surface area contributed by atoms with E-state index in [1.165, 1.54) is 103 Å². The van der Waals surface area contributed by atoms with Crippen molar-refractivity contribution < 1.29 is 131 Å². The van der Waals surface area contributed by atoms with Crippen LogP contribution in [0, 0.1) is 0 Å². The molecule has 0 aliphatic rings. The Morgan fingerprint density at radius 3 is 0.677 bits per heavy atom. The molecule has 2 unspecified atom stereocenters. The summed E-state index contributed by atoms with van der Waals surface area (Å²) in [6.07, 6.45) is 27.0. The molecule has 0 heterocycles. The van der Waals surface area contributed by atoms with E-state index in [4.69, 9.17) is 9.11 Å². The number of carboxylic acids is 2. The van der Waals surface area contributed by atoms with E-state index in [1.54, 1.807) is 0 Å². The van der Waals surface area contributed by atoms with Crippen LogP contribution in [0.2, 0.25) is 0 Å². The van der Waals surface area contributed by atoms with Crippen LogP contribution in [-0.4, -0.2) is 84.8 Å². The van der Waals surface area contributed by atoms with Gasteiger partial charge in [0.15, 0.2) is 0 Å². The summed E-state index contributed by atoms with van der Waals surface area (Å²) in [5.41, 5.74) is 0. The van der Waals surface area contributed by atoms with E-state index in [2.05, 4.69) is 13.8 Å². The fourth-order valence-corrected chi connectivity index (χ4v) is 10.6. The fraction of sp³-hybridized carbons (Fsp3) is 0.950. The molecule has 0 amide bonds. The maximum Gasteiger partial charge on any atom is 1.00 e. The molecule has 22 heteroatoms. The molecule has 0 spiro atoms. The van der Waals surface area contributed by atoms with Crippen LogP contribution in [0.1, 0.15) is 219 Å². The minimum atomic E-state index is -5.10. The van der Waals surface area contributed by atoms with Crippen LogP contribution in [0.3, 0.4) is 0 Å². The van der Waals surface area contributed by atoms with E-state index >= 15 is 0 Å². The molecule has 16 nitrogen and oxygen atoms in total. The first-order valence-corrected chi connectivity index (χ1v) is 28.3. The molecule has 0 aromatic heterocycles. The largest absolute Gasteiger partial charge is 1.00 e. The van der Waals surface area contributed by atoms with Gasteiger partial charge in [0.25, 0.3) is 40.5 Å². The van der Waals surface area contributed by atoms with Gasteiger partial charge in [0, 0.05) is 0 Å². The molecule has 0 aliphatic heterocycles. The molecular formula is C40H78Na2O16S4. The number of carboxylic acid groups (broad SMARTS) is 2. The molecule has 0 saturated carbocycles. The number of rotatable bonds is 40. The number of aliphatic carboxylic acids is 2. The zero-order valence-corrected chi connectivity index (χ0v) is 45.6. The van der Waals surface area contributed by atoms with E-state index in [9.17, 15) is 62.6 Å². The standard InChI is InChI=1S/2C20H40O8S2.2Na/c2*1-2-3-4-5-6-7-8-9-10-11-12-13-14-15-16-20(19(21)22,30(26,27)28)17-18-29(23,24)25;;/h2*2-18H2,1H3,(H,21,22)(H,23,24,25)(H,26,27,28);;/q;;2*+1/p-2. The third-order valence-corrected chi connectivity index (χ3v) is 15.7. The van der Waals surface area contributed by atoms with Crippen LogP contribution in [-0.2, 0) is 50.1 Å². The summed E-state index contributed by atoms with van der Waals surface area (Å²) in [4.78, 5) is 22.8. The Labute approximate surface area is 419 Å². The number of hydrogen-bond donors (Lipinski definition) is 4. The van der Waals surface area contributed by atoms with Crippen molar-refractivity contribution in [2.24, 2.45) is 0 Å². The Hall–Kier alpha value is 0.580. The van der Waals surface area contributed by atoms with Gasteiger partial charge < -0.3 is 19.8 Å². The second kappa shape index (κ2) is 38.5. The molecule has 0 bridgehead atoms. The van der Waals surface area contributed by atoms with Crippen molar-refractivity contribution in [2.45, 2.75) is 229 Å². The quantitative estimate of drug-likeness (QED) is 0.0379. The molecule has 0 aromatic carbocycles. The number of carbonyl (C=O) groups excluding carboxylic acids is 2. The van der Waals surface area contributed by atoms with E-state index in [-0.39, 0.29) is 72.0 Å². The first-order chi connectivity index (χ1) is 27.9. The molecule has 0 aliphatic carbocycles. The van der Waals surface area contributed by atoms with E-state index in [0.717, 1.165) is 51.4 Å². The van der Waals surface area contributed by atoms with Crippen LogP contribution < -0.4 is 69.3 Å². The van der Waals surface area contributed by atoms with Gasteiger partial charge in [-0.3, -0.25) is 18.2 Å². The van der Waals surface area contributed by atoms with E-state index in [1.807, 2.05) is 0 Å². The summed E-state index contributed by atoms with van der Waals surface area (Å²) in [5, 5.41) is 22.8. The monoisotopic (exact) mass is 988 g/mol. The maximum atomic E-state index is 11.6. The summed E-state index contributed by atoms with van der Waals surface area (Å²) in [7, 11) is -19.4. The van der Waals surface area contributed by atoms with Crippen molar-refractivity contribution in [3.05, 3.63) is 0 Å². The fourth-order valence-electron chi connectivity index (χ4n) is 7.18. The molecule has 360 valence electrons. The number of carbonyl (C=O) groups is 2. The van der Waals surface area contributed by atoms with Crippen molar-refractivity contribution >= 4 is 52.4 Å². The SMILES string of the molecule is CCCCCCCCCCCCCCCCC(CCS(=O)(=O)O)(C(=O)[O-])S(=O)(=O)O.CCCCCCCCCCCCCCCCC(CCS(=O)(=O)O)(C(=O)[O-])S(=O)(=O)O.[Na+].[Na+].